The quantitative estimate of drug-likeness (QED) is 0.225. The lowest BCUT2D eigenvalue weighted by Gasteiger charge is -2.45. The predicted octanol–water partition coefficient (Wildman–Crippen LogP) is 3.78. The summed E-state index contributed by atoms with van der Waals surface area (Å²) in [5.41, 5.74) is 2.54. The number of nitrogens with zero attached hydrogens (tertiary/aromatic N) is 3. The van der Waals surface area contributed by atoms with Crippen LogP contribution in [0.2, 0.25) is 4.34 Å². The third-order valence-electron chi connectivity index (χ3n) is 8.36. The number of aliphatic hydroxyl groups excluding tert-OH is 2. The average Bonchev–Trinajstić information content (AvgIpc) is 3.64. The Kier molecular flexibility index (Phi) is 10.1. The second-order valence-electron chi connectivity index (χ2n) is 11.7. The minimum absolute atomic E-state index is 0.0196. The van der Waals surface area contributed by atoms with Crippen molar-refractivity contribution in [1.82, 2.24) is 20.0 Å². The van der Waals surface area contributed by atoms with Crippen molar-refractivity contribution < 1.29 is 47.9 Å². The lowest BCUT2D eigenvalue weighted by atomic mass is 9.84. The lowest BCUT2D eigenvalue weighted by molar-refractivity contribution is -0.182. The molecule has 6 rings (SSSR count). The van der Waals surface area contributed by atoms with E-state index in [9.17, 15) is 22.8 Å². The van der Waals surface area contributed by atoms with Crippen molar-refractivity contribution in [2.24, 2.45) is 0 Å². The molecule has 250 valence electrons. The van der Waals surface area contributed by atoms with E-state index < -0.39 is 42.3 Å². The zero-order chi connectivity index (χ0) is 33.4. The number of para-hydroxylation sites is 1. The van der Waals surface area contributed by atoms with Crippen LogP contribution >= 0.6 is 22.9 Å². The summed E-state index contributed by atoms with van der Waals surface area (Å²) >= 11 is 7.33. The molecule has 1 saturated heterocycles. The van der Waals surface area contributed by atoms with Gasteiger partial charge in [0.1, 0.15) is 23.7 Å². The first kappa shape index (κ1) is 34.3. The molecule has 2 aliphatic heterocycles. The van der Waals surface area contributed by atoms with Gasteiger partial charge >= 0.3 is 11.9 Å². The molecule has 3 aromatic rings. The summed E-state index contributed by atoms with van der Waals surface area (Å²) in [7, 11) is 0. The number of hydrogen-bond acceptors (Lipinski definition) is 9. The number of aliphatic hydroxyl groups is 2. The van der Waals surface area contributed by atoms with Crippen molar-refractivity contribution in [3.8, 4) is 5.69 Å². The van der Waals surface area contributed by atoms with Gasteiger partial charge < -0.3 is 30.5 Å². The number of carbonyl (C=O) groups is 2. The number of aryl methyl sites for hydroxylation is 1. The van der Waals surface area contributed by atoms with Gasteiger partial charge in [0.05, 0.1) is 10.0 Å². The first-order chi connectivity index (χ1) is 21.7. The molecule has 16 heteroatoms. The van der Waals surface area contributed by atoms with Gasteiger partial charge in [0.15, 0.2) is 12.2 Å². The second kappa shape index (κ2) is 13.6. The van der Waals surface area contributed by atoms with Gasteiger partial charge in [-0.15, -0.1) is 11.3 Å². The lowest BCUT2D eigenvalue weighted by Crippen LogP contribution is -2.48. The molecule has 5 N–H and O–H groups in total. The number of aliphatic carboxylic acids is 2. The Morgan fingerprint density at radius 2 is 1.80 bits per heavy atom. The smallest absolute Gasteiger partial charge is 0.335 e. The molecule has 0 bridgehead atoms. The zero-order valence-electron chi connectivity index (χ0n) is 24.8. The molecular weight excluding hydrogens is 653 g/mol. The number of hydrogen-bond donors (Lipinski definition) is 5. The van der Waals surface area contributed by atoms with Gasteiger partial charge in [-0.25, -0.2) is 18.7 Å². The maximum Gasteiger partial charge on any atom is 0.335 e. The molecule has 46 heavy (non-hydrogen) atoms. The van der Waals surface area contributed by atoms with E-state index in [-0.39, 0.29) is 11.4 Å². The molecule has 2 unspecified atom stereocenters. The molecule has 11 nitrogen and oxygen atoms in total. The number of halogens is 4. The number of carboxylic acid groups (broad SMARTS) is 2. The SMILES string of the molecule is Cc1nn(-c2c(F)cccc2CNC2CC2)cc1CN1CCC2(CC1)OCC(F)(F)c1cc(Cl)sc12.O=C(O)C(O)C(O)C(=O)O. The van der Waals surface area contributed by atoms with Gasteiger partial charge in [-0.2, -0.15) is 13.9 Å². The Balaban J connectivity index is 0.000000362. The molecule has 1 saturated carbocycles. The van der Waals surface area contributed by atoms with Crippen LogP contribution in [0.1, 0.15) is 52.9 Å². The molecule has 0 amide bonds. The van der Waals surface area contributed by atoms with Gasteiger partial charge in [0.2, 0.25) is 0 Å². The number of alkyl halides is 2. The van der Waals surface area contributed by atoms with Crippen LogP contribution in [0.25, 0.3) is 5.69 Å². The summed E-state index contributed by atoms with van der Waals surface area (Å²) in [6, 6.07) is 7.06. The van der Waals surface area contributed by atoms with E-state index in [1.54, 1.807) is 10.7 Å². The fourth-order valence-electron chi connectivity index (χ4n) is 5.56. The fourth-order valence-corrected chi connectivity index (χ4v) is 7.04. The largest absolute Gasteiger partial charge is 0.479 e. The first-order valence-corrected chi connectivity index (χ1v) is 15.8. The number of benzene rings is 1. The third kappa shape index (κ3) is 7.40. The maximum absolute atomic E-state index is 14.9. The number of fused-ring (bicyclic) bond motifs is 2. The Labute approximate surface area is 271 Å². The van der Waals surface area contributed by atoms with Crippen LogP contribution < -0.4 is 5.32 Å². The number of thiophene rings is 1. The average molecular weight is 687 g/mol. The highest BCUT2D eigenvalue weighted by Crippen LogP contribution is 2.52. The minimum atomic E-state index is -3.01. The van der Waals surface area contributed by atoms with Gasteiger partial charge in [-0.05, 0) is 50.3 Å². The molecule has 3 aliphatic rings. The van der Waals surface area contributed by atoms with E-state index in [1.165, 1.54) is 36.3 Å². The van der Waals surface area contributed by atoms with Crippen LogP contribution in [0, 0.1) is 12.7 Å². The minimum Gasteiger partial charge on any atom is -0.479 e. The van der Waals surface area contributed by atoms with Crippen LogP contribution in [0.5, 0.6) is 0 Å². The van der Waals surface area contributed by atoms with Crippen molar-refractivity contribution in [1.29, 1.82) is 0 Å². The predicted molar refractivity (Wildman–Crippen MR) is 161 cm³/mol. The highest BCUT2D eigenvalue weighted by atomic mass is 35.5. The summed E-state index contributed by atoms with van der Waals surface area (Å²) in [5, 5.41) is 40.6. The summed E-state index contributed by atoms with van der Waals surface area (Å²) in [4.78, 5) is 22.4. The maximum atomic E-state index is 14.9. The third-order valence-corrected chi connectivity index (χ3v) is 9.81. The van der Waals surface area contributed by atoms with Crippen molar-refractivity contribution in [3.63, 3.8) is 0 Å². The monoisotopic (exact) mass is 686 g/mol. The highest BCUT2D eigenvalue weighted by molar-refractivity contribution is 7.16. The summed E-state index contributed by atoms with van der Waals surface area (Å²) in [6.45, 7) is 3.98. The Morgan fingerprint density at radius 3 is 2.41 bits per heavy atom. The number of aromatic nitrogens is 2. The topological polar surface area (TPSA) is 157 Å². The molecule has 1 aromatic carbocycles. The van der Waals surface area contributed by atoms with Crippen molar-refractivity contribution >= 4 is 34.9 Å². The van der Waals surface area contributed by atoms with Crippen LogP contribution in [-0.2, 0) is 38.9 Å². The Bertz CT molecular complexity index is 1570. The van der Waals surface area contributed by atoms with Crippen LogP contribution in [0.4, 0.5) is 13.2 Å². The number of piperidine rings is 1. The molecule has 2 atom stereocenters. The first-order valence-electron chi connectivity index (χ1n) is 14.6. The van der Waals surface area contributed by atoms with E-state index in [1.807, 2.05) is 19.2 Å². The molecule has 0 radical (unpaired) electrons. The fraction of sp³-hybridized carbons (Fsp3) is 0.500. The summed E-state index contributed by atoms with van der Waals surface area (Å²) in [6.07, 6.45) is 0.944. The number of rotatable bonds is 9. The van der Waals surface area contributed by atoms with E-state index in [4.69, 9.17) is 36.8 Å². The number of ether oxygens (including phenoxy) is 1. The molecular formula is C30H34ClF3N4O7S. The number of nitrogens with one attached hydrogen (secondary N) is 1. The number of likely N-dealkylation sites (tertiary alicyclic amines) is 1. The standard InChI is InChI=1S/C26H28ClF3N4OS.C4H6O6/c1-16-18(14-34(32-16)23-17(3-2-4-21(23)28)12-31-19-5-6-19)13-33-9-7-25(8-10-33)24-20(11-22(27)36-24)26(29,30)15-35-25;5-1(3(7)8)2(6)4(9)10/h2-4,11,14,19,31H,5-10,12-13,15H2,1H3;1-2,5-6H,(H,7,8)(H,9,10). The number of carboxylic acids is 2. The molecule has 2 aromatic heterocycles. The van der Waals surface area contributed by atoms with Gasteiger partial charge in [0.25, 0.3) is 5.92 Å². The van der Waals surface area contributed by atoms with E-state index in [2.05, 4.69) is 15.3 Å². The Morgan fingerprint density at radius 1 is 1.15 bits per heavy atom. The van der Waals surface area contributed by atoms with Crippen LogP contribution in [0.3, 0.4) is 0 Å². The van der Waals surface area contributed by atoms with E-state index >= 15 is 0 Å². The van der Waals surface area contributed by atoms with Gasteiger partial charge in [-0.3, -0.25) is 4.90 Å². The second-order valence-corrected chi connectivity index (χ2v) is 13.4. The zero-order valence-corrected chi connectivity index (χ0v) is 26.3. The molecule has 1 aliphatic carbocycles. The van der Waals surface area contributed by atoms with E-state index in [0.717, 1.165) is 16.8 Å². The van der Waals surface area contributed by atoms with Crippen molar-refractivity contribution in [2.45, 2.75) is 75.5 Å². The van der Waals surface area contributed by atoms with Gasteiger partial charge in [-0.1, -0.05) is 23.7 Å². The summed E-state index contributed by atoms with van der Waals surface area (Å²) < 4.78 is 51.6. The molecule has 2 fully saturated rings. The van der Waals surface area contributed by atoms with Crippen molar-refractivity contribution in [3.05, 3.63) is 67.9 Å². The summed E-state index contributed by atoms with van der Waals surface area (Å²) in [5.74, 6) is -6.84. The normalized spacial score (nSPS) is 20.0. The molecule has 4 heterocycles. The highest BCUT2D eigenvalue weighted by Gasteiger charge is 2.51. The molecule has 1 spiro atoms. The van der Waals surface area contributed by atoms with E-state index in [0.29, 0.717) is 60.0 Å². The Hall–Kier alpha value is -3.05. The van der Waals surface area contributed by atoms with Gasteiger partial charge in [0, 0.05) is 54.4 Å². The van der Waals surface area contributed by atoms with Crippen LogP contribution in [-0.4, -0.2) is 85.0 Å². The van der Waals surface area contributed by atoms with Crippen molar-refractivity contribution in [2.75, 3.05) is 19.7 Å². The van der Waals surface area contributed by atoms with Crippen LogP contribution in [0.15, 0.2) is 30.5 Å².